The number of nitrogens with zero attached hydrogens (tertiary/aromatic N) is 2. The number of ether oxygens (including phenoxy) is 4. The van der Waals surface area contributed by atoms with Gasteiger partial charge in [0.05, 0.1) is 51.7 Å². The van der Waals surface area contributed by atoms with Crippen LogP contribution in [0, 0.1) is 0 Å². The van der Waals surface area contributed by atoms with Gasteiger partial charge in [-0.05, 0) is 86.9 Å². The van der Waals surface area contributed by atoms with E-state index in [0.29, 0.717) is 54.5 Å². The van der Waals surface area contributed by atoms with Crippen LogP contribution in [0.5, 0.6) is 17.2 Å². The van der Waals surface area contributed by atoms with E-state index < -0.39 is 12.0 Å². The molecule has 1 aliphatic heterocycles. The van der Waals surface area contributed by atoms with Gasteiger partial charge in [-0.2, -0.15) is 0 Å². The van der Waals surface area contributed by atoms with Gasteiger partial charge in [-0.3, -0.25) is 9.36 Å². The molecule has 4 aromatic rings. The molecule has 0 saturated heterocycles. The normalized spacial score (nSPS) is 14.7. The Balaban J connectivity index is 1.55. The molecule has 0 bridgehead atoms. The monoisotopic (exact) mass is 666 g/mol. The number of methoxy groups -OCH3 is 1. The number of rotatable bonds is 10. The number of fused-ring (bicyclic) bond motifs is 1. The summed E-state index contributed by atoms with van der Waals surface area (Å²) in [6.45, 7) is 7.81. The van der Waals surface area contributed by atoms with Crippen molar-refractivity contribution in [1.82, 2.24) is 4.57 Å². The van der Waals surface area contributed by atoms with E-state index in [1.807, 2.05) is 50.2 Å². The Morgan fingerprint density at radius 2 is 1.87 bits per heavy atom. The fourth-order valence-corrected chi connectivity index (χ4v) is 6.32. The molecule has 1 aliphatic rings. The molecule has 1 aromatic heterocycles. The molecule has 45 heavy (non-hydrogen) atoms. The first kappa shape index (κ1) is 32.3. The molecule has 2 heterocycles. The first-order valence-corrected chi connectivity index (χ1v) is 15.9. The number of esters is 1. The maximum Gasteiger partial charge on any atom is 0.338 e. The number of thiazole rings is 1. The van der Waals surface area contributed by atoms with Crippen LogP contribution < -0.4 is 29.1 Å². The van der Waals surface area contributed by atoms with Crippen molar-refractivity contribution in [2.24, 2.45) is 4.99 Å². The largest absolute Gasteiger partial charge is 0.493 e. The molecule has 5 rings (SSSR count). The Labute approximate surface area is 274 Å². The summed E-state index contributed by atoms with van der Waals surface area (Å²) >= 11 is 13.4. The van der Waals surface area contributed by atoms with Crippen molar-refractivity contribution in [2.75, 3.05) is 13.7 Å². The average Bonchev–Trinajstić information content (AvgIpc) is 3.31. The van der Waals surface area contributed by atoms with Crippen LogP contribution in [0.1, 0.15) is 50.4 Å². The van der Waals surface area contributed by atoms with E-state index in [2.05, 4.69) is 4.99 Å². The highest BCUT2D eigenvalue weighted by Gasteiger charge is 2.34. The number of halogens is 2. The highest BCUT2D eigenvalue weighted by molar-refractivity contribution is 7.07. The Morgan fingerprint density at radius 1 is 1.07 bits per heavy atom. The summed E-state index contributed by atoms with van der Waals surface area (Å²) in [5.41, 5.74) is 2.77. The number of benzene rings is 3. The van der Waals surface area contributed by atoms with Gasteiger partial charge in [0, 0.05) is 0 Å². The molecule has 1 atom stereocenters. The van der Waals surface area contributed by atoms with Crippen LogP contribution in [-0.4, -0.2) is 30.4 Å². The quantitative estimate of drug-likeness (QED) is 0.180. The Kier molecular flexibility index (Phi) is 10.0. The number of hydrogen-bond acceptors (Lipinski definition) is 8. The Bertz CT molecular complexity index is 1960. The minimum Gasteiger partial charge on any atom is -0.493 e. The highest BCUT2D eigenvalue weighted by Crippen LogP contribution is 2.36. The molecule has 0 spiro atoms. The molecular weight excluding hydrogens is 635 g/mol. The predicted molar refractivity (Wildman–Crippen MR) is 176 cm³/mol. The van der Waals surface area contributed by atoms with Gasteiger partial charge in [0.25, 0.3) is 5.56 Å². The number of allylic oxidation sites excluding steroid dienone is 1. The second kappa shape index (κ2) is 13.9. The zero-order valence-electron chi connectivity index (χ0n) is 25.4. The molecule has 234 valence electrons. The van der Waals surface area contributed by atoms with Crippen molar-refractivity contribution in [3.63, 3.8) is 0 Å². The minimum absolute atomic E-state index is 0.0699. The third-order valence-electron chi connectivity index (χ3n) is 6.93. The SMILES string of the molecule is CCOC(=O)C1=C(C)N=c2s/c(=C\c3cccc(OCc4ccc(Cl)c(Cl)c4)c3)c(=O)n2[C@H]1c1ccc(OC(C)C)c(OC)c1. The van der Waals surface area contributed by atoms with Crippen molar-refractivity contribution in [3.8, 4) is 17.2 Å². The predicted octanol–water partition coefficient (Wildman–Crippen LogP) is 6.48. The van der Waals surface area contributed by atoms with Crippen LogP contribution in [-0.2, 0) is 16.1 Å². The second-order valence-corrected chi connectivity index (χ2v) is 12.3. The number of carbonyl (C=O) groups is 1. The summed E-state index contributed by atoms with van der Waals surface area (Å²) in [6, 6.07) is 17.4. The molecular formula is C34H32Cl2N2O6S. The van der Waals surface area contributed by atoms with Gasteiger partial charge in [-0.25, -0.2) is 9.79 Å². The number of carbonyl (C=O) groups excluding carboxylic acids is 1. The molecule has 0 fully saturated rings. The lowest BCUT2D eigenvalue weighted by molar-refractivity contribution is -0.139. The molecule has 3 aromatic carbocycles. The van der Waals surface area contributed by atoms with E-state index >= 15 is 0 Å². The molecule has 11 heteroatoms. The van der Waals surface area contributed by atoms with Gasteiger partial charge >= 0.3 is 5.97 Å². The van der Waals surface area contributed by atoms with Crippen LogP contribution in [0.15, 0.2) is 81.7 Å². The fraction of sp³-hybridized carbons (Fsp3) is 0.265. The minimum atomic E-state index is -0.787. The Morgan fingerprint density at radius 3 is 2.58 bits per heavy atom. The van der Waals surface area contributed by atoms with Crippen LogP contribution in [0.4, 0.5) is 0 Å². The molecule has 0 amide bonds. The van der Waals surface area contributed by atoms with Gasteiger partial charge in [0.1, 0.15) is 12.4 Å². The van der Waals surface area contributed by atoms with Gasteiger partial charge < -0.3 is 18.9 Å². The maximum atomic E-state index is 14.1. The van der Waals surface area contributed by atoms with Gasteiger partial charge in [0.2, 0.25) is 0 Å². The van der Waals surface area contributed by atoms with Crippen molar-refractivity contribution in [3.05, 3.63) is 118 Å². The lowest BCUT2D eigenvalue weighted by Crippen LogP contribution is -2.40. The number of aromatic nitrogens is 1. The summed E-state index contributed by atoms with van der Waals surface area (Å²) in [6.07, 6.45) is 1.72. The standard InChI is InChI=1S/C34H32Cl2N2O6S/c1-6-42-33(40)30-20(4)37-34-38(31(30)23-11-13-27(44-19(2)3)28(17-23)41-5)32(39)29(45-34)16-21-8-7-9-24(14-21)43-18-22-10-12-25(35)26(36)15-22/h7-17,19,31H,6,18H2,1-5H3/b29-16-/t31-/m0/s1. The molecule has 0 radical (unpaired) electrons. The fourth-order valence-electron chi connectivity index (χ4n) is 4.95. The zero-order chi connectivity index (χ0) is 32.2. The zero-order valence-corrected chi connectivity index (χ0v) is 27.8. The number of hydrogen-bond donors (Lipinski definition) is 0. The maximum absolute atomic E-state index is 14.1. The summed E-state index contributed by atoms with van der Waals surface area (Å²) in [7, 11) is 1.55. The van der Waals surface area contributed by atoms with Crippen LogP contribution in [0.3, 0.4) is 0 Å². The molecule has 0 unspecified atom stereocenters. The summed E-state index contributed by atoms with van der Waals surface area (Å²) in [5, 5.41) is 0.937. The van der Waals surface area contributed by atoms with Crippen molar-refractivity contribution >= 4 is 46.6 Å². The average molecular weight is 668 g/mol. The smallest absolute Gasteiger partial charge is 0.338 e. The van der Waals surface area contributed by atoms with E-state index in [0.717, 1.165) is 11.1 Å². The van der Waals surface area contributed by atoms with E-state index in [1.54, 1.807) is 51.3 Å². The van der Waals surface area contributed by atoms with Gasteiger partial charge in [-0.1, -0.05) is 58.8 Å². The molecule has 0 saturated carbocycles. The summed E-state index contributed by atoms with van der Waals surface area (Å²) in [5.74, 6) is 1.13. The third kappa shape index (κ3) is 7.11. The van der Waals surface area contributed by atoms with E-state index in [9.17, 15) is 9.59 Å². The van der Waals surface area contributed by atoms with Gasteiger partial charge in [0.15, 0.2) is 16.3 Å². The van der Waals surface area contributed by atoms with E-state index in [4.69, 9.17) is 42.1 Å². The molecule has 0 N–H and O–H groups in total. The first-order chi connectivity index (χ1) is 21.6. The van der Waals surface area contributed by atoms with Crippen molar-refractivity contribution < 1.29 is 23.7 Å². The lowest BCUT2D eigenvalue weighted by atomic mass is 9.95. The first-order valence-electron chi connectivity index (χ1n) is 14.3. The van der Waals surface area contributed by atoms with Crippen molar-refractivity contribution in [1.29, 1.82) is 0 Å². The highest BCUT2D eigenvalue weighted by atomic mass is 35.5. The third-order valence-corrected chi connectivity index (χ3v) is 8.65. The summed E-state index contributed by atoms with van der Waals surface area (Å²) < 4.78 is 24.9. The summed E-state index contributed by atoms with van der Waals surface area (Å²) in [4.78, 5) is 32.5. The molecule has 8 nitrogen and oxygen atoms in total. The lowest BCUT2D eigenvalue weighted by Gasteiger charge is -2.25. The topological polar surface area (TPSA) is 88.4 Å². The molecule has 0 aliphatic carbocycles. The van der Waals surface area contributed by atoms with Gasteiger partial charge in [-0.15, -0.1) is 0 Å². The van der Waals surface area contributed by atoms with Crippen LogP contribution in [0.2, 0.25) is 10.0 Å². The van der Waals surface area contributed by atoms with E-state index in [-0.39, 0.29) is 23.8 Å². The second-order valence-electron chi connectivity index (χ2n) is 10.5. The van der Waals surface area contributed by atoms with E-state index in [1.165, 1.54) is 15.9 Å². The Hall–Kier alpha value is -4.05. The van der Waals surface area contributed by atoms with Crippen LogP contribution in [0.25, 0.3) is 6.08 Å². The van der Waals surface area contributed by atoms with Crippen molar-refractivity contribution in [2.45, 2.75) is 46.4 Å². The van der Waals surface area contributed by atoms with Crippen LogP contribution >= 0.6 is 34.5 Å².